The molecule has 1 aromatic carbocycles. The highest BCUT2D eigenvalue weighted by atomic mass is 16.6. The molecule has 244 valence electrons. The number of piperidine rings is 1. The summed E-state index contributed by atoms with van der Waals surface area (Å²) >= 11 is 0. The van der Waals surface area contributed by atoms with Crippen molar-refractivity contribution in [1.29, 1.82) is 0 Å². The normalized spacial score (nSPS) is 19.8. The van der Waals surface area contributed by atoms with Gasteiger partial charge in [-0.2, -0.15) is 5.10 Å². The molecule has 0 spiro atoms. The first kappa shape index (κ1) is 32.5. The Hall–Kier alpha value is -4.94. The molecule has 3 aromatic rings. The first-order valence-electron chi connectivity index (χ1n) is 15.3. The van der Waals surface area contributed by atoms with Crippen LogP contribution in [0.25, 0.3) is 0 Å². The number of hydrogen-bond acceptors (Lipinski definition) is 8. The average Bonchev–Trinajstić information content (AvgIpc) is 3.46. The lowest BCUT2D eigenvalue weighted by atomic mass is 9.82. The lowest BCUT2D eigenvalue weighted by Crippen LogP contribution is -2.69. The van der Waals surface area contributed by atoms with Crippen LogP contribution in [0.4, 0.5) is 15.4 Å². The number of carbonyl (C=O) groups is 4. The van der Waals surface area contributed by atoms with Crippen molar-refractivity contribution in [3.8, 4) is 5.75 Å². The topological polar surface area (TPSA) is 147 Å². The molecule has 0 aliphatic carbocycles. The molecule has 2 fully saturated rings. The number of ether oxygens (including phenoxy) is 2. The van der Waals surface area contributed by atoms with Crippen molar-refractivity contribution in [3.05, 3.63) is 71.7 Å². The second kappa shape index (κ2) is 13.2. The molecule has 5 rings (SSSR count). The SMILES string of the molecule is COc1ccc(CN(C(=O)OC(C)(C)C)c2cc(C[C@H]3C(=O)N(C(=O)N4CCCC(c5cnn(C)c5)C4)[C@@H]3C(=O)O)ccn2)cc1. The molecule has 2 aliphatic rings. The van der Waals surface area contributed by atoms with Crippen molar-refractivity contribution < 1.29 is 33.8 Å². The Balaban J connectivity index is 1.32. The van der Waals surface area contributed by atoms with Crippen LogP contribution in [-0.2, 0) is 34.3 Å². The molecular weight excluding hydrogens is 592 g/mol. The van der Waals surface area contributed by atoms with Gasteiger partial charge in [-0.25, -0.2) is 24.3 Å². The summed E-state index contributed by atoms with van der Waals surface area (Å²) in [5, 5.41) is 14.3. The van der Waals surface area contributed by atoms with E-state index in [1.807, 2.05) is 25.4 Å². The van der Waals surface area contributed by atoms with E-state index in [2.05, 4.69) is 10.1 Å². The zero-order valence-electron chi connectivity index (χ0n) is 26.8. The van der Waals surface area contributed by atoms with E-state index >= 15 is 0 Å². The van der Waals surface area contributed by atoms with Crippen molar-refractivity contribution in [2.45, 2.75) is 64.1 Å². The Morgan fingerprint density at radius 2 is 1.85 bits per heavy atom. The molecule has 2 aromatic heterocycles. The number of carboxylic acid groups (broad SMARTS) is 1. The minimum Gasteiger partial charge on any atom is -0.497 e. The number of pyridine rings is 1. The average molecular weight is 633 g/mol. The molecule has 46 heavy (non-hydrogen) atoms. The predicted molar refractivity (Wildman–Crippen MR) is 167 cm³/mol. The molecule has 0 bridgehead atoms. The second-order valence-corrected chi connectivity index (χ2v) is 12.8. The highest BCUT2D eigenvalue weighted by Gasteiger charge is 2.55. The third-order valence-electron chi connectivity index (χ3n) is 8.22. The first-order chi connectivity index (χ1) is 21.8. The third kappa shape index (κ3) is 7.13. The van der Waals surface area contributed by atoms with Crippen molar-refractivity contribution >= 4 is 29.8 Å². The number of β-lactam (4-membered cyclic amide) rings is 1. The standard InChI is InChI=1S/C33H40N6O7/c1-33(2,3)46-32(44)38(18-21-8-10-25(45-5)11-9-21)27-16-22(12-13-34-27)15-26-28(30(41)42)39(29(26)40)31(43)37-14-6-7-23(20-37)24-17-35-36(4)19-24/h8-13,16-17,19,23,26,28H,6-7,14-15,18,20H2,1-5H3,(H,41,42)/t23?,26-,28+/m1/s1. The van der Waals surface area contributed by atoms with Crippen LogP contribution in [0.2, 0.25) is 0 Å². The smallest absolute Gasteiger partial charge is 0.416 e. The molecule has 0 saturated carbocycles. The number of imide groups is 1. The van der Waals surface area contributed by atoms with Crippen LogP contribution in [0.5, 0.6) is 5.75 Å². The number of urea groups is 1. The maximum absolute atomic E-state index is 13.5. The Bertz CT molecular complexity index is 1600. The van der Waals surface area contributed by atoms with E-state index in [1.165, 1.54) is 11.1 Å². The molecule has 0 radical (unpaired) electrons. The molecule has 1 N–H and O–H groups in total. The molecule has 4 amide bonds. The quantitative estimate of drug-likeness (QED) is 0.361. The van der Waals surface area contributed by atoms with Crippen LogP contribution in [0.1, 0.15) is 56.2 Å². The van der Waals surface area contributed by atoms with Gasteiger partial charge >= 0.3 is 18.1 Å². The third-order valence-corrected chi connectivity index (χ3v) is 8.22. The molecule has 13 nitrogen and oxygen atoms in total. The minimum absolute atomic E-state index is 0.0537. The number of carbonyl (C=O) groups excluding carboxylic acids is 3. The Morgan fingerprint density at radius 3 is 2.48 bits per heavy atom. The summed E-state index contributed by atoms with van der Waals surface area (Å²) in [5.41, 5.74) is 1.64. The molecule has 2 aliphatic heterocycles. The van der Waals surface area contributed by atoms with Crippen LogP contribution in [-0.4, -0.2) is 85.5 Å². The van der Waals surface area contributed by atoms with Crippen LogP contribution < -0.4 is 9.64 Å². The maximum Gasteiger partial charge on any atom is 0.416 e. The van der Waals surface area contributed by atoms with Gasteiger partial charge in [0.25, 0.3) is 0 Å². The number of carboxylic acids is 1. The number of amides is 4. The second-order valence-electron chi connectivity index (χ2n) is 12.8. The van der Waals surface area contributed by atoms with Crippen LogP contribution in [0.3, 0.4) is 0 Å². The van der Waals surface area contributed by atoms with E-state index in [9.17, 15) is 24.3 Å². The van der Waals surface area contributed by atoms with E-state index < -0.39 is 41.6 Å². The summed E-state index contributed by atoms with van der Waals surface area (Å²) in [6, 6.07) is 8.66. The lowest BCUT2D eigenvalue weighted by molar-refractivity contribution is -0.166. The number of methoxy groups -OCH3 is 1. The first-order valence-corrected chi connectivity index (χ1v) is 15.3. The van der Waals surface area contributed by atoms with Gasteiger partial charge < -0.3 is 19.5 Å². The zero-order chi connectivity index (χ0) is 33.2. The highest BCUT2D eigenvalue weighted by Crippen LogP contribution is 2.34. The van der Waals surface area contributed by atoms with Gasteiger partial charge in [-0.05, 0) is 81.0 Å². The number of aryl methyl sites for hydroxylation is 1. The van der Waals surface area contributed by atoms with Crippen LogP contribution in [0, 0.1) is 5.92 Å². The number of hydrogen-bond donors (Lipinski definition) is 1. The van der Waals surface area contributed by atoms with Gasteiger partial charge in [0, 0.05) is 38.4 Å². The summed E-state index contributed by atoms with van der Waals surface area (Å²) in [5.74, 6) is -1.73. The maximum atomic E-state index is 13.5. The monoisotopic (exact) mass is 632 g/mol. The van der Waals surface area contributed by atoms with Gasteiger partial charge in [-0.1, -0.05) is 12.1 Å². The molecule has 1 unspecified atom stereocenters. The van der Waals surface area contributed by atoms with Crippen LogP contribution in [0.15, 0.2) is 55.0 Å². The highest BCUT2D eigenvalue weighted by molar-refractivity contribution is 6.07. The largest absolute Gasteiger partial charge is 0.497 e. The number of nitrogens with zero attached hydrogens (tertiary/aromatic N) is 6. The minimum atomic E-state index is -1.31. The summed E-state index contributed by atoms with van der Waals surface area (Å²) in [6.45, 7) is 6.28. The number of benzene rings is 1. The molecule has 3 atom stereocenters. The van der Waals surface area contributed by atoms with E-state index in [0.717, 1.165) is 28.9 Å². The number of likely N-dealkylation sites (tertiary alicyclic amines) is 2. The van der Waals surface area contributed by atoms with E-state index in [-0.39, 0.29) is 24.7 Å². The van der Waals surface area contributed by atoms with Gasteiger partial charge in [-0.3, -0.25) is 14.4 Å². The lowest BCUT2D eigenvalue weighted by Gasteiger charge is -2.46. The number of rotatable bonds is 8. The number of aromatic nitrogens is 3. The zero-order valence-corrected chi connectivity index (χ0v) is 26.8. The number of anilines is 1. The van der Waals surface area contributed by atoms with Gasteiger partial charge in [0.15, 0.2) is 6.04 Å². The Kier molecular flexibility index (Phi) is 9.31. The fraction of sp³-hybridized carbons (Fsp3) is 0.455. The summed E-state index contributed by atoms with van der Waals surface area (Å²) in [7, 11) is 3.40. The summed E-state index contributed by atoms with van der Waals surface area (Å²) in [6.07, 6.45) is 6.23. The van der Waals surface area contributed by atoms with Crippen molar-refractivity contribution in [2.24, 2.45) is 13.0 Å². The van der Waals surface area contributed by atoms with E-state index in [0.29, 0.717) is 24.4 Å². The van der Waals surface area contributed by atoms with Gasteiger partial charge in [-0.15, -0.1) is 0 Å². The Morgan fingerprint density at radius 1 is 1.11 bits per heavy atom. The molecule has 2 saturated heterocycles. The predicted octanol–water partition coefficient (Wildman–Crippen LogP) is 4.22. The molecule has 13 heteroatoms. The van der Waals surface area contributed by atoms with Crippen molar-refractivity contribution in [2.75, 3.05) is 25.1 Å². The fourth-order valence-corrected chi connectivity index (χ4v) is 5.93. The molecule has 4 heterocycles. The summed E-state index contributed by atoms with van der Waals surface area (Å²) < 4.78 is 12.6. The van der Waals surface area contributed by atoms with E-state index in [4.69, 9.17) is 9.47 Å². The summed E-state index contributed by atoms with van der Waals surface area (Å²) in [4.78, 5) is 60.8. The number of aliphatic carboxylic acids is 1. The van der Waals surface area contributed by atoms with E-state index in [1.54, 1.807) is 67.9 Å². The van der Waals surface area contributed by atoms with Crippen LogP contribution >= 0.6 is 0 Å². The molecular formula is C33H40N6O7. The van der Waals surface area contributed by atoms with Crippen molar-refractivity contribution in [3.63, 3.8) is 0 Å². The van der Waals surface area contributed by atoms with Gasteiger partial charge in [0.05, 0.1) is 25.8 Å². The van der Waals surface area contributed by atoms with Gasteiger partial charge in [0.1, 0.15) is 17.2 Å². The fourth-order valence-electron chi connectivity index (χ4n) is 5.93. The van der Waals surface area contributed by atoms with Crippen molar-refractivity contribution in [1.82, 2.24) is 24.6 Å². The Labute approximate surface area is 267 Å². The van der Waals surface area contributed by atoms with Gasteiger partial charge in [0.2, 0.25) is 5.91 Å².